The van der Waals surface area contributed by atoms with Crippen LogP contribution in [0.15, 0.2) is 28.9 Å². The predicted octanol–water partition coefficient (Wildman–Crippen LogP) is 2.93. The van der Waals surface area contributed by atoms with Crippen molar-refractivity contribution in [2.75, 3.05) is 32.7 Å². The molecule has 0 aliphatic rings. The van der Waals surface area contributed by atoms with Gasteiger partial charge in [0.25, 0.3) is 0 Å². The molecule has 0 unspecified atom stereocenters. The maximum atomic E-state index is 13.2. The number of carbonyl (C=O) groups is 2. The molecule has 0 bridgehead atoms. The first-order valence-electron chi connectivity index (χ1n) is 7.47. The molecule has 140 valence electrons. The molecule has 26 heavy (non-hydrogen) atoms. The minimum Gasteiger partial charge on any atom is -0.464 e. The first-order valence-corrected chi connectivity index (χ1v) is 7.85. The van der Waals surface area contributed by atoms with Gasteiger partial charge in [-0.1, -0.05) is 11.6 Å². The number of methoxy groups -OCH3 is 2. The number of hydrogen-bond donors (Lipinski definition) is 1. The van der Waals surface area contributed by atoms with E-state index in [2.05, 4.69) is 15.0 Å². The van der Waals surface area contributed by atoms with Gasteiger partial charge in [-0.05, 0) is 18.2 Å². The maximum Gasteiger partial charge on any atom is 0.360 e. The largest absolute Gasteiger partial charge is 0.464 e. The van der Waals surface area contributed by atoms with E-state index in [0.717, 1.165) is 12.3 Å². The fourth-order valence-electron chi connectivity index (χ4n) is 1.98. The van der Waals surface area contributed by atoms with E-state index < -0.39 is 17.8 Å². The quantitative estimate of drug-likeness (QED) is 0.736. The summed E-state index contributed by atoms with van der Waals surface area (Å²) in [6, 6.07) is 3.33. The number of benzene rings is 1. The van der Waals surface area contributed by atoms with Crippen LogP contribution in [-0.2, 0) is 16.0 Å². The van der Waals surface area contributed by atoms with E-state index in [-0.39, 0.29) is 36.3 Å². The van der Waals surface area contributed by atoms with Crippen LogP contribution in [0, 0.1) is 5.82 Å². The van der Waals surface area contributed by atoms with Crippen molar-refractivity contribution in [3.63, 3.8) is 0 Å². The zero-order chi connectivity index (χ0) is 19.1. The Bertz CT molecular complexity index is 783. The normalized spacial score (nSPS) is 10.5. The van der Waals surface area contributed by atoms with Crippen LogP contribution in [0.25, 0.3) is 0 Å². The maximum absolute atomic E-state index is 13.2. The van der Waals surface area contributed by atoms with Gasteiger partial charge in [-0.3, -0.25) is 0 Å². The fourth-order valence-corrected chi connectivity index (χ4v) is 2.16. The minimum absolute atomic E-state index is 0.0000777. The highest BCUT2D eigenvalue weighted by Gasteiger charge is 2.19. The average Bonchev–Trinajstić information content (AvgIpc) is 3.09. The molecule has 0 fully saturated rings. The lowest BCUT2D eigenvalue weighted by molar-refractivity contribution is 0.0594. The van der Waals surface area contributed by atoms with E-state index in [4.69, 9.17) is 20.8 Å². The third kappa shape index (κ3) is 5.17. The molecule has 0 atom stereocenters. The number of anilines is 1. The first kappa shape index (κ1) is 19.7. The Balaban J connectivity index is 2.09. The summed E-state index contributed by atoms with van der Waals surface area (Å²) >= 11 is 5.71. The lowest BCUT2D eigenvalue weighted by Crippen LogP contribution is -2.37. The van der Waals surface area contributed by atoms with Gasteiger partial charge >= 0.3 is 12.0 Å². The molecule has 0 saturated carbocycles. The van der Waals surface area contributed by atoms with Crippen LogP contribution in [0.1, 0.15) is 16.4 Å². The summed E-state index contributed by atoms with van der Waals surface area (Å²) in [4.78, 5) is 29.2. The van der Waals surface area contributed by atoms with Crippen molar-refractivity contribution in [1.29, 1.82) is 0 Å². The number of carbonyl (C=O) groups excluding carboxylic acids is 2. The second-order valence-corrected chi connectivity index (χ2v) is 5.50. The average molecular weight is 386 g/mol. The fraction of sp³-hybridized carbons (Fsp3) is 0.312. The first-order chi connectivity index (χ1) is 12.4. The second kappa shape index (κ2) is 9.16. The number of aromatic nitrogens is 1. The van der Waals surface area contributed by atoms with Crippen molar-refractivity contribution >= 4 is 29.3 Å². The van der Waals surface area contributed by atoms with E-state index in [1.807, 2.05) is 0 Å². The number of urea groups is 1. The van der Waals surface area contributed by atoms with Gasteiger partial charge in [0.2, 0.25) is 5.89 Å². The van der Waals surface area contributed by atoms with E-state index in [9.17, 15) is 14.0 Å². The second-order valence-electron chi connectivity index (χ2n) is 5.09. The van der Waals surface area contributed by atoms with Crippen LogP contribution in [-0.4, -0.2) is 49.3 Å². The van der Waals surface area contributed by atoms with E-state index >= 15 is 0 Å². The molecule has 2 rings (SSSR count). The Morgan fingerprint density at radius 3 is 2.81 bits per heavy atom. The molecule has 1 aromatic carbocycles. The molecule has 1 N–H and O–H groups in total. The summed E-state index contributed by atoms with van der Waals surface area (Å²) in [6.07, 6.45) is 1.15. The van der Waals surface area contributed by atoms with Gasteiger partial charge < -0.3 is 24.1 Å². The molecule has 8 nitrogen and oxygen atoms in total. The number of nitrogens with one attached hydrogen (secondary N) is 1. The SMILES string of the molecule is COCCN(Cc1nc(C(=O)OC)co1)C(=O)Nc1ccc(F)c(Cl)c1. The number of hydrogen-bond acceptors (Lipinski definition) is 6. The zero-order valence-corrected chi connectivity index (χ0v) is 14.9. The van der Waals surface area contributed by atoms with Crippen LogP contribution in [0.5, 0.6) is 0 Å². The molecule has 0 aliphatic carbocycles. The van der Waals surface area contributed by atoms with Gasteiger partial charge in [0, 0.05) is 19.3 Å². The van der Waals surface area contributed by atoms with E-state index in [1.54, 1.807) is 0 Å². The third-order valence-corrected chi connectivity index (χ3v) is 3.59. The number of nitrogens with zero attached hydrogens (tertiary/aromatic N) is 2. The molecule has 0 aliphatic heterocycles. The van der Waals surface area contributed by atoms with Gasteiger partial charge in [-0.25, -0.2) is 19.0 Å². The van der Waals surface area contributed by atoms with Crippen LogP contribution >= 0.6 is 11.6 Å². The standard InChI is InChI=1S/C16H17ClFN3O5/c1-24-6-5-21(8-14-20-13(9-26-14)15(22)25-2)16(23)19-10-3-4-12(18)11(17)7-10/h3-4,7,9H,5-6,8H2,1-2H3,(H,19,23). The Labute approximate surface area is 153 Å². The summed E-state index contributed by atoms with van der Waals surface area (Å²) in [7, 11) is 2.72. The van der Waals surface area contributed by atoms with Crippen molar-refractivity contribution < 1.29 is 27.9 Å². The molecule has 1 aromatic heterocycles. The molecule has 2 aromatic rings. The minimum atomic E-state index is -0.645. The van der Waals surface area contributed by atoms with Gasteiger partial charge in [0.1, 0.15) is 12.1 Å². The van der Waals surface area contributed by atoms with Crippen LogP contribution in [0.2, 0.25) is 5.02 Å². The number of ether oxygens (including phenoxy) is 2. The van der Waals surface area contributed by atoms with E-state index in [0.29, 0.717) is 5.69 Å². The van der Waals surface area contributed by atoms with Crippen LogP contribution in [0.3, 0.4) is 0 Å². The lowest BCUT2D eigenvalue weighted by atomic mass is 10.3. The highest BCUT2D eigenvalue weighted by atomic mass is 35.5. The highest BCUT2D eigenvalue weighted by molar-refractivity contribution is 6.31. The summed E-state index contributed by atoms with van der Waals surface area (Å²) in [5, 5.41) is 2.49. The van der Waals surface area contributed by atoms with Crippen LogP contribution in [0.4, 0.5) is 14.9 Å². The number of halogens is 2. The summed E-state index contributed by atoms with van der Waals surface area (Å²) in [6.45, 7) is 0.483. The predicted molar refractivity (Wildman–Crippen MR) is 90.6 cm³/mol. The molecule has 1 heterocycles. The van der Waals surface area contributed by atoms with Gasteiger partial charge in [-0.15, -0.1) is 0 Å². The molecule has 0 spiro atoms. The Kier molecular flexibility index (Phi) is 6.93. The summed E-state index contributed by atoms with van der Waals surface area (Å²) in [5.74, 6) is -1.08. The van der Waals surface area contributed by atoms with Gasteiger partial charge in [0.15, 0.2) is 5.69 Å². The van der Waals surface area contributed by atoms with Crippen molar-refractivity contribution in [2.45, 2.75) is 6.54 Å². The molecule has 2 amide bonds. The topological polar surface area (TPSA) is 93.9 Å². The number of oxazole rings is 1. The molecule has 0 saturated heterocycles. The number of esters is 1. The molecule has 10 heteroatoms. The Hall–Kier alpha value is -2.65. The lowest BCUT2D eigenvalue weighted by Gasteiger charge is -2.21. The third-order valence-electron chi connectivity index (χ3n) is 3.30. The van der Waals surface area contributed by atoms with Crippen LogP contribution < -0.4 is 5.32 Å². The highest BCUT2D eigenvalue weighted by Crippen LogP contribution is 2.20. The van der Waals surface area contributed by atoms with Crippen molar-refractivity contribution in [3.8, 4) is 0 Å². The Morgan fingerprint density at radius 2 is 2.15 bits per heavy atom. The van der Waals surface area contributed by atoms with Crippen molar-refractivity contribution in [2.24, 2.45) is 0 Å². The van der Waals surface area contributed by atoms with Gasteiger partial charge in [0.05, 0.1) is 25.3 Å². The summed E-state index contributed by atoms with van der Waals surface area (Å²) in [5.41, 5.74) is 0.325. The molecular weight excluding hydrogens is 369 g/mol. The monoisotopic (exact) mass is 385 g/mol. The van der Waals surface area contributed by atoms with Gasteiger partial charge in [-0.2, -0.15) is 0 Å². The molecular formula is C16H17ClFN3O5. The zero-order valence-electron chi connectivity index (χ0n) is 14.1. The van der Waals surface area contributed by atoms with Crippen molar-refractivity contribution in [1.82, 2.24) is 9.88 Å². The summed E-state index contributed by atoms with van der Waals surface area (Å²) < 4.78 is 27.9. The number of rotatable bonds is 7. The van der Waals surface area contributed by atoms with E-state index in [1.165, 1.54) is 31.3 Å². The Morgan fingerprint density at radius 1 is 1.38 bits per heavy atom. The molecule has 0 radical (unpaired) electrons. The van der Waals surface area contributed by atoms with Crippen molar-refractivity contribution in [3.05, 3.63) is 46.9 Å². The number of amides is 2. The smallest absolute Gasteiger partial charge is 0.360 e.